The molecule has 0 aliphatic carbocycles. The quantitative estimate of drug-likeness (QED) is 0.684. The highest BCUT2D eigenvalue weighted by Gasteiger charge is 2.11. The molecule has 18 heavy (non-hydrogen) atoms. The van der Waals surface area contributed by atoms with Crippen LogP contribution in [0.15, 0.2) is 12.1 Å². The number of phenolic OH excluding ortho intramolecular Hbond substituents is 1. The molecular formula is C13H21NO4. The largest absolute Gasteiger partial charge is 0.502 e. The number of phenols is 1. The summed E-state index contributed by atoms with van der Waals surface area (Å²) >= 11 is 0. The molecule has 1 rings (SSSR count). The van der Waals surface area contributed by atoms with Crippen LogP contribution in [0, 0.1) is 0 Å². The van der Waals surface area contributed by atoms with Crippen molar-refractivity contribution in [3.8, 4) is 17.2 Å². The second-order valence-corrected chi connectivity index (χ2v) is 4.04. The lowest BCUT2D eigenvalue weighted by Crippen LogP contribution is -2.25. The first-order valence-corrected chi connectivity index (χ1v) is 5.95. The molecule has 1 aromatic rings. The van der Waals surface area contributed by atoms with Crippen LogP contribution in [0.4, 0.5) is 0 Å². The van der Waals surface area contributed by atoms with Crippen molar-refractivity contribution < 1.29 is 19.7 Å². The minimum Gasteiger partial charge on any atom is -0.502 e. The first-order valence-electron chi connectivity index (χ1n) is 5.95. The fraction of sp³-hybridized carbons (Fsp3) is 0.538. The molecule has 0 amide bonds. The van der Waals surface area contributed by atoms with Crippen molar-refractivity contribution in [1.82, 2.24) is 5.32 Å². The minimum atomic E-state index is -0.342. The Balaban J connectivity index is 2.71. The highest BCUT2D eigenvalue weighted by atomic mass is 16.5. The van der Waals surface area contributed by atoms with Crippen molar-refractivity contribution in [2.75, 3.05) is 20.8 Å². The number of rotatable bonds is 7. The summed E-state index contributed by atoms with van der Waals surface area (Å²) in [7, 11) is 2.99. The van der Waals surface area contributed by atoms with Gasteiger partial charge in [-0.1, -0.05) is 6.92 Å². The van der Waals surface area contributed by atoms with Crippen LogP contribution in [-0.4, -0.2) is 37.1 Å². The van der Waals surface area contributed by atoms with Crippen molar-refractivity contribution in [1.29, 1.82) is 0 Å². The van der Waals surface area contributed by atoms with Gasteiger partial charge in [0.25, 0.3) is 0 Å². The van der Waals surface area contributed by atoms with Crippen molar-refractivity contribution >= 4 is 0 Å². The molecule has 1 atom stereocenters. The van der Waals surface area contributed by atoms with Crippen molar-refractivity contribution in [2.45, 2.75) is 26.0 Å². The molecular weight excluding hydrogens is 234 g/mol. The molecule has 102 valence electrons. The summed E-state index contributed by atoms with van der Waals surface area (Å²) in [6.07, 6.45) is 0.376. The van der Waals surface area contributed by atoms with Crippen LogP contribution in [0.3, 0.4) is 0 Å². The maximum atomic E-state index is 9.75. The molecule has 0 aromatic heterocycles. The lowest BCUT2D eigenvalue weighted by molar-refractivity contribution is 0.167. The zero-order chi connectivity index (χ0) is 13.5. The van der Waals surface area contributed by atoms with Crippen LogP contribution in [-0.2, 0) is 6.54 Å². The zero-order valence-electron chi connectivity index (χ0n) is 11.1. The summed E-state index contributed by atoms with van der Waals surface area (Å²) in [5, 5.41) is 22.3. The average Bonchev–Trinajstić information content (AvgIpc) is 2.39. The van der Waals surface area contributed by atoms with Crippen LogP contribution in [0.5, 0.6) is 17.2 Å². The number of benzene rings is 1. The molecule has 0 radical (unpaired) electrons. The molecule has 5 heteroatoms. The Hall–Kier alpha value is -1.46. The summed E-state index contributed by atoms with van der Waals surface area (Å²) in [5.41, 5.74) is 0.921. The number of ether oxygens (including phenoxy) is 2. The number of aliphatic hydroxyl groups is 1. The standard InChI is InChI=1S/C13H21NO4/c1-4-10(15)8-14-7-9-5-11(17-2)13(16)12(6-9)18-3/h5-6,10,14-16H,4,7-8H2,1-3H3. The van der Waals surface area contributed by atoms with E-state index in [1.165, 1.54) is 14.2 Å². The third-order valence-electron chi connectivity index (χ3n) is 2.72. The van der Waals surface area contributed by atoms with Gasteiger partial charge in [-0.2, -0.15) is 0 Å². The molecule has 0 aliphatic rings. The van der Waals surface area contributed by atoms with E-state index in [4.69, 9.17) is 9.47 Å². The second-order valence-electron chi connectivity index (χ2n) is 4.04. The number of nitrogens with one attached hydrogen (secondary N) is 1. The van der Waals surface area contributed by atoms with Gasteiger partial charge in [0.1, 0.15) is 0 Å². The Morgan fingerprint density at radius 3 is 2.22 bits per heavy atom. The Morgan fingerprint density at radius 2 is 1.78 bits per heavy atom. The number of hydrogen-bond acceptors (Lipinski definition) is 5. The molecule has 0 spiro atoms. The normalized spacial score (nSPS) is 12.2. The van der Waals surface area contributed by atoms with Crippen LogP contribution >= 0.6 is 0 Å². The molecule has 1 unspecified atom stereocenters. The third kappa shape index (κ3) is 3.78. The third-order valence-corrected chi connectivity index (χ3v) is 2.72. The van der Waals surface area contributed by atoms with Crippen LogP contribution in [0.25, 0.3) is 0 Å². The van der Waals surface area contributed by atoms with E-state index in [1.54, 1.807) is 12.1 Å². The van der Waals surface area contributed by atoms with Crippen molar-refractivity contribution in [3.05, 3.63) is 17.7 Å². The molecule has 0 fully saturated rings. The van der Waals surface area contributed by atoms with E-state index in [0.29, 0.717) is 24.6 Å². The Kier molecular flexibility index (Phi) is 5.74. The zero-order valence-corrected chi connectivity index (χ0v) is 11.1. The molecule has 0 saturated heterocycles. The van der Waals surface area contributed by atoms with Gasteiger partial charge in [0.2, 0.25) is 5.75 Å². The summed E-state index contributed by atoms with van der Waals surface area (Å²) in [6, 6.07) is 3.48. The van der Waals surface area contributed by atoms with E-state index < -0.39 is 0 Å². The van der Waals surface area contributed by atoms with E-state index in [0.717, 1.165) is 12.0 Å². The lowest BCUT2D eigenvalue weighted by atomic mass is 10.1. The monoisotopic (exact) mass is 255 g/mol. The van der Waals surface area contributed by atoms with Crippen molar-refractivity contribution in [2.24, 2.45) is 0 Å². The fourth-order valence-corrected chi connectivity index (χ4v) is 1.58. The van der Waals surface area contributed by atoms with Gasteiger partial charge in [-0.25, -0.2) is 0 Å². The van der Waals surface area contributed by atoms with E-state index in [-0.39, 0.29) is 11.9 Å². The van der Waals surface area contributed by atoms with Gasteiger partial charge in [-0.15, -0.1) is 0 Å². The molecule has 0 bridgehead atoms. The van der Waals surface area contributed by atoms with Gasteiger partial charge in [0, 0.05) is 13.1 Å². The lowest BCUT2D eigenvalue weighted by Gasteiger charge is -2.13. The predicted molar refractivity (Wildman–Crippen MR) is 69.2 cm³/mol. The van der Waals surface area contributed by atoms with Gasteiger partial charge in [0.15, 0.2) is 11.5 Å². The fourth-order valence-electron chi connectivity index (χ4n) is 1.58. The van der Waals surface area contributed by atoms with Crippen LogP contribution < -0.4 is 14.8 Å². The molecule has 5 nitrogen and oxygen atoms in total. The second kappa shape index (κ2) is 7.08. The Labute approximate surface area is 107 Å². The average molecular weight is 255 g/mol. The molecule has 0 aliphatic heterocycles. The van der Waals surface area contributed by atoms with E-state index in [2.05, 4.69) is 5.32 Å². The highest BCUT2D eigenvalue weighted by Crippen LogP contribution is 2.36. The smallest absolute Gasteiger partial charge is 0.200 e. The predicted octanol–water partition coefficient (Wildman–Crippen LogP) is 1.27. The van der Waals surface area contributed by atoms with Gasteiger partial charge >= 0.3 is 0 Å². The topological polar surface area (TPSA) is 71.0 Å². The maximum Gasteiger partial charge on any atom is 0.200 e. The summed E-state index contributed by atoms with van der Waals surface area (Å²) in [5.74, 6) is 0.752. The molecule has 0 saturated carbocycles. The summed E-state index contributed by atoms with van der Waals surface area (Å²) in [6.45, 7) is 3.03. The summed E-state index contributed by atoms with van der Waals surface area (Å²) in [4.78, 5) is 0. The van der Waals surface area contributed by atoms with Crippen LogP contribution in [0.2, 0.25) is 0 Å². The first-order chi connectivity index (χ1) is 8.62. The number of methoxy groups -OCH3 is 2. The number of hydrogen-bond donors (Lipinski definition) is 3. The van der Waals surface area contributed by atoms with Gasteiger partial charge in [-0.3, -0.25) is 0 Å². The highest BCUT2D eigenvalue weighted by molar-refractivity contribution is 5.52. The summed E-state index contributed by atoms with van der Waals surface area (Å²) < 4.78 is 10.1. The minimum absolute atomic E-state index is 0.00246. The van der Waals surface area contributed by atoms with E-state index >= 15 is 0 Å². The Morgan fingerprint density at radius 1 is 1.22 bits per heavy atom. The molecule has 3 N–H and O–H groups in total. The SMILES string of the molecule is CCC(O)CNCc1cc(OC)c(O)c(OC)c1. The van der Waals surface area contributed by atoms with Crippen molar-refractivity contribution in [3.63, 3.8) is 0 Å². The first kappa shape index (κ1) is 14.6. The van der Waals surface area contributed by atoms with Gasteiger partial charge in [-0.05, 0) is 24.1 Å². The van der Waals surface area contributed by atoms with Gasteiger partial charge < -0.3 is 25.0 Å². The van der Waals surface area contributed by atoms with E-state index in [1.807, 2.05) is 6.92 Å². The van der Waals surface area contributed by atoms with E-state index in [9.17, 15) is 10.2 Å². The Bertz CT molecular complexity index is 356. The molecule has 1 aromatic carbocycles. The maximum absolute atomic E-state index is 9.75. The number of aliphatic hydroxyl groups excluding tert-OH is 1. The number of aromatic hydroxyl groups is 1. The van der Waals surface area contributed by atoms with Gasteiger partial charge in [0.05, 0.1) is 20.3 Å². The molecule has 0 heterocycles. The van der Waals surface area contributed by atoms with Crippen LogP contribution in [0.1, 0.15) is 18.9 Å².